The summed E-state index contributed by atoms with van der Waals surface area (Å²) in [5.74, 6) is 0. The van der Waals surface area contributed by atoms with Crippen molar-refractivity contribution < 1.29 is 8.42 Å². The Labute approximate surface area is 100 Å². The van der Waals surface area contributed by atoms with Gasteiger partial charge in [0.15, 0.2) is 0 Å². The van der Waals surface area contributed by atoms with Crippen molar-refractivity contribution in [1.82, 2.24) is 0 Å². The van der Waals surface area contributed by atoms with Gasteiger partial charge in [-0.15, -0.1) is 0 Å². The summed E-state index contributed by atoms with van der Waals surface area (Å²) in [4.78, 5) is 0.345. The van der Waals surface area contributed by atoms with E-state index in [4.69, 9.17) is 0 Å². The summed E-state index contributed by atoms with van der Waals surface area (Å²) in [6.45, 7) is 1.90. The number of hydrogen-bond acceptors (Lipinski definition) is 2. The smallest absolute Gasteiger partial charge is 0.262 e. The zero-order chi connectivity index (χ0) is 12.0. The molecule has 2 aromatic carbocycles. The summed E-state index contributed by atoms with van der Waals surface area (Å²) in [5, 5.41) is 0. The normalized spacial score (nSPS) is 15.6. The minimum absolute atomic E-state index is 0.345. The monoisotopic (exact) mass is 245 g/mol. The topological polar surface area (TPSA) is 46.2 Å². The van der Waals surface area contributed by atoms with Gasteiger partial charge < -0.3 is 0 Å². The number of nitrogens with one attached hydrogen (secondary N) is 1. The van der Waals surface area contributed by atoms with Crippen LogP contribution in [-0.2, 0) is 10.0 Å². The van der Waals surface area contributed by atoms with Crippen LogP contribution >= 0.6 is 0 Å². The molecule has 1 N–H and O–H groups in total. The highest BCUT2D eigenvalue weighted by atomic mass is 32.2. The molecule has 0 spiro atoms. The number of fused-ring (bicyclic) bond motifs is 3. The number of rotatable bonds is 0. The van der Waals surface area contributed by atoms with Crippen LogP contribution in [0, 0.1) is 6.92 Å². The lowest BCUT2D eigenvalue weighted by molar-refractivity contribution is 0.601. The second kappa shape index (κ2) is 3.34. The number of anilines is 1. The Balaban J connectivity index is 2.44. The molecule has 17 heavy (non-hydrogen) atoms. The summed E-state index contributed by atoms with van der Waals surface area (Å²) >= 11 is 0. The summed E-state index contributed by atoms with van der Waals surface area (Å²) in [6, 6.07) is 12.8. The lowest BCUT2D eigenvalue weighted by Gasteiger charge is -2.22. The van der Waals surface area contributed by atoms with Gasteiger partial charge in [-0.1, -0.05) is 36.4 Å². The van der Waals surface area contributed by atoms with Crippen molar-refractivity contribution in [2.24, 2.45) is 0 Å². The van der Waals surface area contributed by atoms with Crippen molar-refractivity contribution in [2.75, 3.05) is 4.72 Å². The van der Waals surface area contributed by atoms with Crippen LogP contribution in [0.4, 0.5) is 5.69 Å². The van der Waals surface area contributed by atoms with Crippen molar-refractivity contribution in [1.29, 1.82) is 0 Å². The van der Waals surface area contributed by atoms with E-state index >= 15 is 0 Å². The standard InChI is InChI=1S/C13H11NO2S/c1-9-5-4-7-11-10-6-2-3-8-12(10)17(15,16)14-13(9)11/h2-8,14H,1H3. The lowest BCUT2D eigenvalue weighted by Crippen LogP contribution is -2.19. The number of hydrogen-bond donors (Lipinski definition) is 1. The minimum atomic E-state index is -3.43. The van der Waals surface area contributed by atoms with E-state index in [2.05, 4.69) is 4.72 Å². The van der Waals surface area contributed by atoms with Crippen molar-refractivity contribution in [3.05, 3.63) is 48.0 Å². The Morgan fingerprint density at radius 3 is 2.47 bits per heavy atom. The molecule has 0 aromatic heterocycles. The molecule has 0 aliphatic carbocycles. The van der Waals surface area contributed by atoms with Crippen LogP contribution in [0.3, 0.4) is 0 Å². The van der Waals surface area contributed by atoms with Crippen LogP contribution < -0.4 is 4.72 Å². The van der Waals surface area contributed by atoms with Crippen LogP contribution in [0.2, 0.25) is 0 Å². The molecule has 2 aromatic rings. The maximum atomic E-state index is 12.1. The molecule has 0 fully saturated rings. The molecule has 3 nitrogen and oxygen atoms in total. The molecule has 3 rings (SSSR count). The molecule has 0 saturated carbocycles. The number of aryl methyl sites for hydroxylation is 1. The van der Waals surface area contributed by atoms with Gasteiger partial charge in [0.05, 0.1) is 10.6 Å². The highest BCUT2D eigenvalue weighted by Gasteiger charge is 2.27. The zero-order valence-corrected chi connectivity index (χ0v) is 10.1. The van der Waals surface area contributed by atoms with Gasteiger partial charge in [0, 0.05) is 11.1 Å². The molecule has 0 bridgehead atoms. The van der Waals surface area contributed by atoms with Crippen LogP contribution in [0.15, 0.2) is 47.4 Å². The first-order chi connectivity index (χ1) is 8.09. The van der Waals surface area contributed by atoms with Gasteiger partial charge in [-0.2, -0.15) is 0 Å². The van der Waals surface area contributed by atoms with Crippen LogP contribution in [0.1, 0.15) is 5.56 Å². The van der Waals surface area contributed by atoms with Gasteiger partial charge in [0.25, 0.3) is 10.0 Å². The molecule has 1 aliphatic heterocycles. The SMILES string of the molecule is Cc1cccc2c1NS(=O)(=O)c1ccccc1-2. The Hall–Kier alpha value is -1.81. The molecule has 0 radical (unpaired) electrons. The third-order valence-corrected chi connectivity index (χ3v) is 4.38. The van der Waals surface area contributed by atoms with E-state index in [1.165, 1.54) is 0 Å². The third-order valence-electron chi connectivity index (χ3n) is 2.98. The fourth-order valence-electron chi connectivity index (χ4n) is 2.14. The van der Waals surface area contributed by atoms with E-state index in [0.29, 0.717) is 10.6 Å². The average molecular weight is 245 g/mol. The third kappa shape index (κ3) is 1.45. The zero-order valence-electron chi connectivity index (χ0n) is 9.27. The summed E-state index contributed by atoms with van der Waals surface area (Å²) in [7, 11) is -3.43. The van der Waals surface area contributed by atoms with E-state index in [1.54, 1.807) is 12.1 Å². The lowest BCUT2D eigenvalue weighted by atomic mass is 10.0. The van der Waals surface area contributed by atoms with Crippen LogP contribution in [0.25, 0.3) is 11.1 Å². The number of sulfonamides is 1. The molecule has 1 aliphatic rings. The van der Waals surface area contributed by atoms with Crippen molar-refractivity contribution in [3.63, 3.8) is 0 Å². The molecule has 0 unspecified atom stereocenters. The summed E-state index contributed by atoms with van der Waals surface area (Å²) in [5.41, 5.74) is 3.33. The highest BCUT2D eigenvalue weighted by molar-refractivity contribution is 7.93. The quantitative estimate of drug-likeness (QED) is 0.775. The first-order valence-corrected chi connectivity index (χ1v) is 6.80. The minimum Gasteiger partial charge on any atom is -0.279 e. The molecular weight excluding hydrogens is 234 g/mol. The Morgan fingerprint density at radius 2 is 1.65 bits per heavy atom. The van der Waals surface area contributed by atoms with Gasteiger partial charge in [-0.25, -0.2) is 8.42 Å². The predicted octanol–water partition coefficient (Wildman–Crippen LogP) is 2.78. The van der Waals surface area contributed by atoms with Crippen LogP contribution in [0.5, 0.6) is 0 Å². The van der Waals surface area contributed by atoms with E-state index in [1.807, 2.05) is 37.3 Å². The molecule has 86 valence electrons. The van der Waals surface area contributed by atoms with Gasteiger partial charge in [0.1, 0.15) is 0 Å². The molecule has 0 atom stereocenters. The Kier molecular flexibility index (Phi) is 2.03. The van der Waals surface area contributed by atoms with Gasteiger partial charge in [-0.05, 0) is 18.6 Å². The molecule has 0 saturated heterocycles. The Bertz CT molecular complexity index is 705. The number of benzene rings is 2. The second-order valence-electron chi connectivity index (χ2n) is 4.10. The molecular formula is C13H11NO2S. The average Bonchev–Trinajstić information content (AvgIpc) is 2.31. The maximum absolute atomic E-state index is 12.1. The van der Waals surface area contributed by atoms with Gasteiger partial charge in [0.2, 0.25) is 0 Å². The van der Waals surface area contributed by atoms with Gasteiger partial charge in [-0.3, -0.25) is 4.72 Å². The fraction of sp³-hybridized carbons (Fsp3) is 0.0769. The van der Waals surface area contributed by atoms with E-state index in [0.717, 1.165) is 16.7 Å². The summed E-state index contributed by atoms with van der Waals surface area (Å²) in [6.07, 6.45) is 0. The highest BCUT2D eigenvalue weighted by Crippen LogP contribution is 2.40. The fourth-order valence-corrected chi connectivity index (χ4v) is 3.52. The molecule has 4 heteroatoms. The first-order valence-electron chi connectivity index (χ1n) is 5.31. The maximum Gasteiger partial charge on any atom is 0.262 e. The largest absolute Gasteiger partial charge is 0.279 e. The second-order valence-corrected chi connectivity index (χ2v) is 5.75. The first kappa shape index (κ1) is 10.4. The van der Waals surface area contributed by atoms with Crippen molar-refractivity contribution in [3.8, 4) is 11.1 Å². The number of para-hydroxylation sites is 1. The predicted molar refractivity (Wildman–Crippen MR) is 67.4 cm³/mol. The van der Waals surface area contributed by atoms with E-state index in [-0.39, 0.29) is 0 Å². The summed E-state index contributed by atoms with van der Waals surface area (Å²) < 4.78 is 26.8. The van der Waals surface area contributed by atoms with Crippen molar-refractivity contribution in [2.45, 2.75) is 11.8 Å². The van der Waals surface area contributed by atoms with Crippen molar-refractivity contribution >= 4 is 15.7 Å². The molecule has 1 heterocycles. The van der Waals surface area contributed by atoms with E-state index < -0.39 is 10.0 Å². The van der Waals surface area contributed by atoms with E-state index in [9.17, 15) is 8.42 Å². The molecule has 0 amide bonds. The van der Waals surface area contributed by atoms with Crippen LogP contribution in [-0.4, -0.2) is 8.42 Å². The Morgan fingerprint density at radius 1 is 0.941 bits per heavy atom. The van der Waals surface area contributed by atoms with Gasteiger partial charge >= 0.3 is 0 Å².